The highest BCUT2D eigenvalue weighted by molar-refractivity contribution is 5.70. The third kappa shape index (κ3) is 50.3. The fourth-order valence-electron chi connectivity index (χ4n) is 7.23. The van der Waals surface area contributed by atoms with Crippen molar-refractivity contribution in [1.29, 1.82) is 0 Å². The van der Waals surface area contributed by atoms with Crippen LogP contribution in [0.3, 0.4) is 0 Å². The zero-order chi connectivity index (χ0) is 49.9. The number of rotatable bonds is 49. The molecule has 2 unspecified atom stereocenters. The van der Waals surface area contributed by atoms with Crippen molar-refractivity contribution in [3.63, 3.8) is 0 Å². The van der Waals surface area contributed by atoms with E-state index in [1.165, 1.54) is 109 Å². The first kappa shape index (κ1) is 64.5. The Morgan fingerprint density at radius 3 is 1.24 bits per heavy atom. The first-order valence-electron chi connectivity index (χ1n) is 27.2. The van der Waals surface area contributed by atoms with Gasteiger partial charge in [0.25, 0.3) is 0 Å². The molecule has 0 fully saturated rings. The van der Waals surface area contributed by atoms with Crippen LogP contribution in [0.4, 0.5) is 0 Å². The molecule has 0 N–H and O–H groups in total. The van der Waals surface area contributed by atoms with E-state index in [1.54, 1.807) is 0 Å². The fraction of sp³-hybridized carbons (Fsp3) is 0.712. The van der Waals surface area contributed by atoms with E-state index in [2.05, 4.69) is 98.9 Å². The topological polar surface area (TPSA) is 111 Å². The maximum atomic E-state index is 12.8. The van der Waals surface area contributed by atoms with Gasteiger partial charge in [0.15, 0.2) is 12.4 Å². The number of carbonyl (C=O) groups is 3. The second-order valence-corrected chi connectivity index (χ2v) is 19.1. The van der Waals surface area contributed by atoms with Gasteiger partial charge >= 0.3 is 11.9 Å². The van der Waals surface area contributed by atoms with Crippen LogP contribution in [0.5, 0.6) is 0 Å². The summed E-state index contributed by atoms with van der Waals surface area (Å²) in [6.45, 7) is 4.57. The summed E-state index contributed by atoms with van der Waals surface area (Å²) in [5.41, 5.74) is 0. The molecular weight excluding hydrogens is 851 g/mol. The Bertz CT molecular complexity index is 1390. The maximum Gasteiger partial charge on any atom is 0.306 e. The Kier molecular flexibility index (Phi) is 47.3. The lowest BCUT2D eigenvalue weighted by Crippen LogP contribution is -2.44. The molecule has 0 rings (SSSR count). The molecule has 0 aliphatic rings. The Balaban J connectivity index is 4.41. The van der Waals surface area contributed by atoms with Crippen molar-refractivity contribution in [1.82, 2.24) is 0 Å². The van der Waals surface area contributed by atoms with Crippen molar-refractivity contribution < 1.29 is 42.9 Å². The van der Waals surface area contributed by atoms with Crippen LogP contribution in [0.25, 0.3) is 0 Å². The average Bonchev–Trinajstić information content (AvgIpc) is 3.30. The number of esters is 2. The first-order chi connectivity index (χ1) is 33.1. The second kappa shape index (κ2) is 49.9. The summed E-state index contributed by atoms with van der Waals surface area (Å²) in [7, 11) is 5.89. The minimum absolute atomic E-state index is 0.134. The Morgan fingerprint density at radius 1 is 0.456 bits per heavy atom. The number of carboxylic acid groups (broad SMARTS) is 1. The van der Waals surface area contributed by atoms with E-state index < -0.39 is 24.3 Å². The number of carboxylic acids is 1. The third-order valence-electron chi connectivity index (χ3n) is 11.4. The summed E-state index contributed by atoms with van der Waals surface area (Å²) < 4.78 is 22.6. The van der Waals surface area contributed by atoms with Gasteiger partial charge in [-0.15, -0.1) is 0 Å². The van der Waals surface area contributed by atoms with E-state index in [9.17, 15) is 19.5 Å². The zero-order valence-electron chi connectivity index (χ0n) is 44.2. The number of carbonyl (C=O) groups excluding carboxylic acids is 3. The minimum atomic E-state index is -1.64. The average molecular weight is 952 g/mol. The number of hydrogen-bond donors (Lipinski definition) is 0. The smallest absolute Gasteiger partial charge is 0.306 e. The molecule has 0 radical (unpaired) electrons. The van der Waals surface area contributed by atoms with Gasteiger partial charge in [-0.25, -0.2) is 0 Å². The molecule has 9 heteroatoms. The van der Waals surface area contributed by atoms with Gasteiger partial charge in [0.1, 0.15) is 13.2 Å². The molecule has 390 valence electrons. The molecule has 0 saturated carbocycles. The highest BCUT2D eigenvalue weighted by Crippen LogP contribution is 2.16. The summed E-state index contributed by atoms with van der Waals surface area (Å²) in [4.78, 5) is 37.2. The van der Waals surface area contributed by atoms with Crippen molar-refractivity contribution >= 4 is 17.9 Å². The van der Waals surface area contributed by atoms with Crippen LogP contribution in [0.1, 0.15) is 213 Å². The lowest BCUT2D eigenvalue weighted by atomic mass is 10.0. The summed E-state index contributed by atoms with van der Waals surface area (Å²) in [6, 6.07) is 0. The largest absolute Gasteiger partial charge is 0.545 e. The summed E-state index contributed by atoms with van der Waals surface area (Å²) >= 11 is 0. The molecule has 2 atom stereocenters. The number of hydrogen-bond acceptors (Lipinski definition) is 8. The monoisotopic (exact) mass is 952 g/mol. The lowest BCUT2D eigenvalue weighted by molar-refractivity contribution is -0.870. The predicted molar refractivity (Wildman–Crippen MR) is 283 cm³/mol. The van der Waals surface area contributed by atoms with Crippen molar-refractivity contribution in [2.24, 2.45) is 0 Å². The van der Waals surface area contributed by atoms with Crippen LogP contribution in [-0.2, 0) is 33.3 Å². The molecule has 0 saturated heterocycles. The van der Waals surface area contributed by atoms with Gasteiger partial charge in [-0.2, -0.15) is 0 Å². The van der Waals surface area contributed by atoms with Crippen LogP contribution in [0, 0.1) is 0 Å². The summed E-state index contributed by atoms with van der Waals surface area (Å²) in [5, 5.41) is 11.8. The minimum Gasteiger partial charge on any atom is -0.545 e. The van der Waals surface area contributed by atoms with Crippen LogP contribution in [-0.4, -0.2) is 82.3 Å². The van der Waals surface area contributed by atoms with Gasteiger partial charge in [-0.3, -0.25) is 9.59 Å². The van der Waals surface area contributed by atoms with Gasteiger partial charge in [-0.05, 0) is 64.2 Å². The maximum absolute atomic E-state index is 12.8. The predicted octanol–water partition coefficient (Wildman–Crippen LogP) is 14.3. The quantitative estimate of drug-likeness (QED) is 0.0195. The molecule has 0 amide bonds. The Hall–Kier alpha value is -3.53. The third-order valence-corrected chi connectivity index (χ3v) is 11.4. The Labute approximate surface area is 417 Å². The zero-order valence-corrected chi connectivity index (χ0v) is 44.2. The van der Waals surface area contributed by atoms with Gasteiger partial charge < -0.3 is 33.3 Å². The molecule has 0 aromatic rings. The van der Waals surface area contributed by atoms with Crippen LogP contribution < -0.4 is 5.11 Å². The first-order valence-corrected chi connectivity index (χ1v) is 27.2. The van der Waals surface area contributed by atoms with Gasteiger partial charge in [0, 0.05) is 12.8 Å². The number of quaternary nitrogens is 1. The van der Waals surface area contributed by atoms with E-state index in [1.807, 2.05) is 21.1 Å². The normalized spacial score (nSPS) is 13.5. The van der Waals surface area contributed by atoms with Gasteiger partial charge in [0.05, 0.1) is 40.3 Å². The van der Waals surface area contributed by atoms with Gasteiger partial charge in [-0.1, -0.05) is 221 Å². The van der Waals surface area contributed by atoms with E-state index in [0.29, 0.717) is 23.9 Å². The van der Waals surface area contributed by atoms with Crippen LogP contribution in [0.15, 0.2) is 85.1 Å². The molecule has 68 heavy (non-hydrogen) atoms. The number of aliphatic carboxylic acids is 1. The number of likely N-dealkylation sites (N-methyl/N-ethyl adjacent to an activating group) is 1. The number of unbranched alkanes of at least 4 members (excludes halogenated alkanes) is 20. The molecule has 0 aromatic heterocycles. The lowest BCUT2D eigenvalue weighted by Gasteiger charge is -2.26. The van der Waals surface area contributed by atoms with Crippen molar-refractivity contribution in [2.75, 3.05) is 47.5 Å². The molecular formula is C59H101NO8. The highest BCUT2D eigenvalue weighted by atomic mass is 16.7. The number of allylic oxidation sites excluding steroid dienone is 14. The molecule has 0 aliphatic heterocycles. The molecule has 0 aromatic carbocycles. The van der Waals surface area contributed by atoms with Crippen molar-refractivity contribution in [2.45, 2.75) is 225 Å². The highest BCUT2D eigenvalue weighted by Gasteiger charge is 2.21. The van der Waals surface area contributed by atoms with E-state index >= 15 is 0 Å². The molecule has 9 nitrogen and oxygen atoms in total. The van der Waals surface area contributed by atoms with Crippen molar-refractivity contribution in [3.05, 3.63) is 85.1 Å². The van der Waals surface area contributed by atoms with Gasteiger partial charge in [0.2, 0.25) is 0 Å². The van der Waals surface area contributed by atoms with E-state index in [4.69, 9.17) is 18.9 Å². The SMILES string of the molecule is CC/C=C\C/C=C\C/C=C\C/C=C\C/C=C\C/C=C\C/C=C\CCCC(=O)OC(COC(=O)CCCCCCCCCCCCCCCCCCCCCC)COC(OCC[N+](C)(C)C)C(=O)[O-]. The molecule has 0 spiro atoms. The molecule has 0 aliphatic carbocycles. The summed E-state index contributed by atoms with van der Waals surface area (Å²) in [5.74, 6) is -2.37. The van der Waals surface area contributed by atoms with Crippen molar-refractivity contribution in [3.8, 4) is 0 Å². The number of nitrogens with zero attached hydrogens (tertiary/aromatic N) is 1. The molecule has 0 bridgehead atoms. The molecule has 0 heterocycles. The fourth-order valence-corrected chi connectivity index (χ4v) is 7.23. The van der Waals surface area contributed by atoms with E-state index in [0.717, 1.165) is 64.2 Å². The number of ether oxygens (including phenoxy) is 4. The van der Waals surface area contributed by atoms with Crippen LogP contribution in [0.2, 0.25) is 0 Å². The standard InChI is InChI=1S/C59H101NO8/c1-6-8-10-12-14-16-18-20-22-24-26-28-29-30-32-34-36-38-40-42-44-46-48-50-57(62)68-55(54-67-59(58(63)64)65-52-51-60(3,4)5)53-66-56(61)49-47-45-43-41-39-37-35-33-31-27-25-23-21-19-17-15-13-11-9-7-2/h8,10,14,16,20,22,26,28,30,32,36,38,42,44,55,59H,6-7,9,11-13,15,17-19,21,23-25,27,29,31,33-35,37,39-41,43,45-54H2,1-5H3/b10-8-,16-14-,22-20-,28-26-,32-30-,38-36-,44-42-. The van der Waals surface area contributed by atoms with Crippen LogP contribution >= 0.6 is 0 Å². The van der Waals surface area contributed by atoms with E-state index in [-0.39, 0.29) is 38.6 Å². The summed E-state index contributed by atoms with van der Waals surface area (Å²) in [6.07, 6.45) is 62.0. The second-order valence-electron chi connectivity index (χ2n) is 19.1. The Morgan fingerprint density at radius 2 is 0.838 bits per heavy atom.